The van der Waals surface area contributed by atoms with E-state index in [0.717, 1.165) is 10.8 Å². The topological polar surface area (TPSA) is 79.5 Å². The molecule has 1 aliphatic rings. The van der Waals surface area contributed by atoms with Gasteiger partial charge < -0.3 is 10.2 Å². The van der Waals surface area contributed by atoms with Gasteiger partial charge in [-0.15, -0.1) is 0 Å². The standard InChI is InChI=1S/C22H16ClNO4/c23-17-6-5-15-12-24(13-16(15)11-17)20(25)18-3-1-2-4-19(18)22(28)9-7-14(8-10-22)21(26)27/h1-14,28H,(H,26,27). The van der Waals surface area contributed by atoms with E-state index in [1.165, 1.54) is 28.9 Å². The maximum atomic E-state index is 13.2. The van der Waals surface area contributed by atoms with Crippen LogP contribution in [-0.2, 0) is 10.4 Å². The van der Waals surface area contributed by atoms with Crippen molar-refractivity contribution in [1.82, 2.24) is 4.57 Å². The number of hydrogen-bond acceptors (Lipinski definition) is 3. The van der Waals surface area contributed by atoms with E-state index in [2.05, 4.69) is 0 Å². The SMILES string of the molecule is O=C(O)C1C=CC(O)(c2ccccc2C(=O)n2cc3ccc(Cl)cc3c2)C=C1. The Bertz CT molecular complexity index is 1140. The molecule has 0 radical (unpaired) electrons. The van der Waals surface area contributed by atoms with E-state index in [-0.39, 0.29) is 5.91 Å². The molecule has 3 aromatic rings. The number of carbonyl (C=O) groups excluding carboxylic acids is 1. The van der Waals surface area contributed by atoms with Crippen LogP contribution >= 0.6 is 11.6 Å². The number of carboxylic acid groups (broad SMARTS) is 1. The first kappa shape index (κ1) is 18.2. The van der Waals surface area contributed by atoms with E-state index < -0.39 is 17.5 Å². The summed E-state index contributed by atoms with van der Waals surface area (Å²) in [5.74, 6) is -2.11. The minimum Gasteiger partial charge on any atom is -0.481 e. The lowest BCUT2D eigenvalue weighted by atomic mass is 9.84. The first-order valence-corrected chi connectivity index (χ1v) is 9.00. The second-order valence-electron chi connectivity index (χ2n) is 6.70. The van der Waals surface area contributed by atoms with Gasteiger partial charge in [-0.3, -0.25) is 14.2 Å². The Kier molecular flexibility index (Phi) is 4.41. The largest absolute Gasteiger partial charge is 0.481 e. The highest BCUT2D eigenvalue weighted by Crippen LogP contribution is 2.32. The highest BCUT2D eigenvalue weighted by Gasteiger charge is 2.31. The van der Waals surface area contributed by atoms with E-state index >= 15 is 0 Å². The number of halogens is 1. The van der Waals surface area contributed by atoms with Gasteiger partial charge in [0.1, 0.15) is 5.60 Å². The van der Waals surface area contributed by atoms with Gasteiger partial charge >= 0.3 is 5.97 Å². The molecular formula is C22H16ClNO4. The summed E-state index contributed by atoms with van der Waals surface area (Å²) in [6, 6.07) is 12.1. The van der Waals surface area contributed by atoms with Crippen molar-refractivity contribution in [2.24, 2.45) is 5.92 Å². The summed E-state index contributed by atoms with van der Waals surface area (Å²) in [6.45, 7) is 0. The highest BCUT2D eigenvalue weighted by molar-refractivity contribution is 6.31. The maximum Gasteiger partial charge on any atom is 0.314 e. The van der Waals surface area contributed by atoms with Crippen LogP contribution in [0, 0.1) is 5.92 Å². The van der Waals surface area contributed by atoms with Crippen LogP contribution in [0.3, 0.4) is 0 Å². The van der Waals surface area contributed by atoms with Gasteiger partial charge in [0, 0.05) is 33.9 Å². The summed E-state index contributed by atoms with van der Waals surface area (Å²) < 4.78 is 1.46. The molecule has 6 heteroatoms. The third kappa shape index (κ3) is 3.15. The lowest BCUT2D eigenvalue weighted by Crippen LogP contribution is -2.28. The fourth-order valence-corrected chi connectivity index (χ4v) is 3.53. The van der Waals surface area contributed by atoms with Crippen molar-refractivity contribution in [3.63, 3.8) is 0 Å². The third-order valence-electron chi connectivity index (χ3n) is 4.83. The van der Waals surface area contributed by atoms with Crippen LogP contribution in [0.2, 0.25) is 5.02 Å². The van der Waals surface area contributed by atoms with Crippen LogP contribution < -0.4 is 0 Å². The minimum atomic E-state index is -1.56. The number of carbonyl (C=O) groups is 2. The number of aromatic nitrogens is 1. The molecule has 0 aliphatic heterocycles. The Morgan fingerprint density at radius 1 is 1.00 bits per heavy atom. The van der Waals surface area contributed by atoms with Gasteiger partial charge in [-0.05, 0) is 35.7 Å². The fourth-order valence-electron chi connectivity index (χ4n) is 3.35. The summed E-state index contributed by atoms with van der Waals surface area (Å²) in [4.78, 5) is 24.3. The summed E-state index contributed by atoms with van der Waals surface area (Å²) in [5.41, 5.74) is -0.861. The predicted molar refractivity (Wildman–Crippen MR) is 106 cm³/mol. The Labute approximate surface area is 165 Å². The van der Waals surface area contributed by atoms with Crippen molar-refractivity contribution < 1.29 is 19.8 Å². The molecule has 28 heavy (non-hydrogen) atoms. The van der Waals surface area contributed by atoms with Gasteiger partial charge in [-0.25, -0.2) is 0 Å². The van der Waals surface area contributed by atoms with Crippen molar-refractivity contribution in [2.75, 3.05) is 0 Å². The maximum absolute atomic E-state index is 13.2. The second kappa shape index (κ2) is 6.78. The average Bonchev–Trinajstić information content (AvgIpc) is 3.11. The predicted octanol–water partition coefficient (Wildman–Crippen LogP) is 4.00. The molecule has 0 spiro atoms. The molecule has 1 heterocycles. The summed E-state index contributed by atoms with van der Waals surface area (Å²) in [6.07, 6.45) is 9.04. The zero-order valence-electron chi connectivity index (χ0n) is 14.6. The molecule has 5 nitrogen and oxygen atoms in total. The van der Waals surface area contributed by atoms with Gasteiger partial charge in [0.2, 0.25) is 0 Å². The van der Waals surface area contributed by atoms with Crippen molar-refractivity contribution in [2.45, 2.75) is 5.60 Å². The molecular weight excluding hydrogens is 378 g/mol. The van der Waals surface area contributed by atoms with Crippen LogP contribution in [0.1, 0.15) is 15.9 Å². The number of nitrogens with zero attached hydrogens (tertiary/aromatic N) is 1. The first-order chi connectivity index (χ1) is 13.4. The first-order valence-electron chi connectivity index (χ1n) is 8.63. The molecule has 0 bridgehead atoms. The smallest absolute Gasteiger partial charge is 0.314 e. The highest BCUT2D eigenvalue weighted by atomic mass is 35.5. The Morgan fingerprint density at radius 2 is 1.68 bits per heavy atom. The molecule has 0 saturated carbocycles. The van der Waals surface area contributed by atoms with Gasteiger partial charge in [-0.2, -0.15) is 0 Å². The summed E-state index contributed by atoms with van der Waals surface area (Å²) >= 11 is 6.02. The van der Waals surface area contributed by atoms with Crippen molar-refractivity contribution >= 4 is 34.2 Å². The van der Waals surface area contributed by atoms with E-state index in [1.807, 2.05) is 6.07 Å². The quantitative estimate of drug-likeness (QED) is 0.659. The van der Waals surface area contributed by atoms with Crippen LogP contribution in [0.25, 0.3) is 10.8 Å². The number of aliphatic carboxylic acids is 1. The van der Waals surface area contributed by atoms with E-state index in [9.17, 15) is 14.7 Å². The van der Waals surface area contributed by atoms with Crippen LogP contribution in [0.4, 0.5) is 0 Å². The lowest BCUT2D eigenvalue weighted by Gasteiger charge is -2.27. The third-order valence-corrected chi connectivity index (χ3v) is 5.06. The normalized spacial score (nSPS) is 21.1. The lowest BCUT2D eigenvalue weighted by molar-refractivity contribution is -0.138. The molecule has 1 aliphatic carbocycles. The molecule has 0 atom stereocenters. The van der Waals surface area contributed by atoms with Crippen LogP contribution in [0.15, 0.2) is 79.2 Å². The fraction of sp³-hybridized carbons (Fsp3) is 0.0909. The summed E-state index contributed by atoms with van der Waals surface area (Å²) in [7, 11) is 0. The van der Waals surface area contributed by atoms with Crippen LogP contribution in [0.5, 0.6) is 0 Å². The number of rotatable bonds is 3. The zero-order chi connectivity index (χ0) is 19.9. The van der Waals surface area contributed by atoms with Gasteiger partial charge in [-0.1, -0.05) is 48.0 Å². The molecule has 0 amide bonds. The van der Waals surface area contributed by atoms with E-state index in [1.54, 1.807) is 48.8 Å². The van der Waals surface area contributed by atoms with Gasteiger partial charge in [0.25, 0.3) is 5.91 Å². The van der Waals surface area contributed by atoms with Crippen molar-refractivity contribution in [1.29, 1.82) is 0 Å². The number of aliphatic hydroxyl groups is 1. The molecule has 2 N–H and O–H groups in total. The molecule has 1 aromatic heterocycles. The van der Waals surface area contributed by atoms with Gasteiger partial charge in [0.15, 0.2) is 0 Å². The molecule has 4 rings (SSSR count). The van der Waals surface area contributed by atoms with Crippen LogP contribution in [-0.4, -0.2) is 26.7 Å². The number of hydrogen-bond donors (Lipinski definition) is 2. The summed E-state index contributed by atoms with van der Waals surface area (Å²) in [5, 5.41) is 22.4. The second-order valence-corrected chi connectivity index (χ2v) is 7.13. The Morgan fingerprint density at radius 3 is 2.39 bits per heavy atom. The number of carboxylic acids is 1. The molecule has 0 saturated heterocycles. The van der Waals surface area contributed by atoms with E-state index in [4.69, 9.17) is 16.7 Å². The number of benzene rings is 2. The monoisotopic (exact) mass is 393 g/mol. The molecule has 140 valence electrons. The Hall–Kier alpha value is -3.15. The minimum absolute atomic E-state index is 0.307. The van der Waals surface area contributed by atoms with Gasteiger partial charge in [0.05, 0.1) is 5.92 Å². The Balaban J connectivity index is 1.75. The average molecular weight is 394 g/mol. The number of fused-ring (bicyclic) bond motifs is 1. The van der Waals surface area contributed by atoms with Crippen molar-refractivity contribution in [3.05, 3.63) is 95.3 Å². The van der Waals surface area contributed by atoms with Crippen molar-refractivity contribution in [3.8, 4) is 0 Å². The zero-order valence-corrected chi connectivity index (χ0v) is 15.4. The molecule has 0 fully saturated rings. The molecule has 2 aromatic carbocycles. The van der Waals surface area contributed by atoms with E-state index in [0.29, 0.717) is 16.1 Å². The molecule has 0 unspecified atom stereocenters.